The van der Waals surface area contributed by atoms with Crippen LogP contribution in [0.5, 0.6) is 0 Å². The lowest BCUT2D eigenvalue weighted by molar-refractivity contribution is 0.890. The molecule has 2 aromatic carbocycles. The van der Waals surface area contributed by atoms with E-state index in [0.717, 1.165) is 21.9 Å². The van der Waals surface area contributed by atoms with Gasteiger partial charge in [0.2, 0.25) is 11.9 Å². The van der Waals surface area contributed by atoms with Crippen molar-refractivity contribution in [2.75, 3.05) is 11.1 Å². The number of nitrogens with two attached hydrogens (primary N) is 1. The van der Waals surface area contributed by atoms with Crippen molar-refractivity contribution < 1.29 is 0 Å². The molecule has 1 atom stereocenters. The number of anilines is 3. The molecule has 1 unspecified atom stereocenters. The van der Waals surface area contributed by atoms with Gasteiger partial charge in [0.15, 0.2) is 5.16 Å². The first-order valence-electron chi connectivity index (χ1n) is 8.12. The Kier molecular flexibility index (Phi) is 4.40. The van der Waals surface area contributed by atoms with Crippen molar-refractivity contribution in [3.8, 4) is 0 Å². The van der Waals surface area contributed by atoms with E-state index in [2.05, 4.69) is 30.2 Å². The zero-order valence-electron chi connectivity index (χ0n) is 14.0. The highest BCUT2D eigenvalue weighted by Crippen LogP contribution is 2.33. The summed E-state index contributed by atoms with van der Waals surface area (Å²) in [5, 5.41) is 3.92. The maximum Gasteiger partial charge on any atom is 0.232 e. The molecule has 0 saturated heterocycles. The van der Waals surface area contributed by atoms with Crippen LogP contribution in [-0.2, 0) is 0 Å². The number of H-pyrrole nitrogens is 1. The minimum absolute atomic E-state index is 0.0443. The molecule has 0 amide bonds. The molecule has 0 aliphatic carbocycles. The van der Waals surface area contributed by atoms with E-state index in [1.54, 1.807) is 11.8 Å². The molecule has 4 rings (SSSR count). The number of rotatable bonds is 5. The molecule has 130 valence electrons. The Morgan fingerprint density at radius 2 is 1.73 bits per heavy atom. The predicted octanol–water partition coefficient (Wildman–Crippen LogP) is 3.93. The Labute approximate surface area is 154 Å². The van der Waals surface area contributed by atoms with E-state index in [0.29, 0.717) is 11.8 Å². The second kappa shape index (κ2) is 7.01. The van der Waals surface area contributed by atoms with Crippen LogP contribution < -0.4 is 11.1 Å². The Bertz CT molecular complexity index is 999. The monoisotopic (exact) mass is 363 g/mol. The molecule has 26 heavy (non-hydrogen) atoms. The third-order valence-electron chi connectivity index (χ3n) is 3.72. The summed E-state index contributed by atoms with van der Waals surface area (Å²) >= 11 is 1.54. The zero-order valence-corrected chi connectivity index (χ0v) is 14.9. The van der Waals surface area contributed by atoms with Gasteiger partial charge in [-0.2, -0.15) is 15.0 Å². The fourth-order valence-corrected chi connectivity index (χ4v) is 3.37. The van der Waals surface area contributed by atoms with E-state index in [1.807, 2.05) is 61.5 Å². The highest BCUT2D eigenvalue weighted by molar-refractivity contribution is 7.99. The maximum absolute atomic E-state index is 5.87. The number of fused-ring (bicyclic) bond motifs is 1. The van der Waals surface area contributed by atoms with Crippen LogP contribution in [0.15, 0.2) is 59.8 Å². The molecule has 2 aromatic heterocycles. The van der Waals surface area contributed by atoms with Crippen LogP contribution in [0.4, 0.5) is 17.6 Å². The van der Waals surface area contributed by atoms with Crippen molar-refractivity contribution in [3.05, 3.63) is 60.4 Å². The fraction of sp³-hybridized carbons (Fsp3) is 0.111. The molecule has 7 nitrogen and oxygen atoms in total. The quantitative estimate of drug-likeness (QED) is 0.461. The minimum atomic E-state index is -0.0443. The normalized spacial score (nSPS) is 12.2. The minimum Gasteiger partial charge on any atom is -0.368 e. The van der Waals surface area contributed by atoms with Gasteiger partial charge in [-0.3, -0.25) is 0 Å². The molecule has 0 saturated carbocycles. The molecule has 0 aliphatic rings. The Morgan fingerprint density at radius 3 is 2.54 bits per heavy atom. The smallest absolute Gasteiger partial charge is 0.232 e. The Morgan fingerprint density at radius 1 is 0.962 bits per heavy atom. The highest BCUT2D eigenvalue weighted by atomic mass is 32.2. The van der Waals surface area contributed by atoms with Gasteiger partial charge in [-0.15, -0.1) is 0 Å². The molecule has 4 aromatic rings. The van der Waals surface area contributed by atoms with E-state index in [9.17, 15) is 0 Å². The van der Waals surface area contributed by atoms with Gasteiger partial charge in [0.1, 0.15) is 5.82 Å². The number of nitrogens with zero attached hydrogens (tertiary/aromatic N) is 4. The lowest BCUT2D eigenvalue weighted by Crippen LogP contribution is -2.08. The molecule has 0 bridgehead atoms. The number of benzene rings is 2. The molecule has 4 N–H and O–H groups in total. The molecular formula is C18H17N7S. The van der Waals surface area contributed by atoms with Gasteiger partial charge in [0.25, 0.3) is 0 Å². The standard InChI is InChI=1S/C18H17N7S/c1-11(26-18-21-13-9-5-6-10-14(13)22-18)15-23-16(19)25-17(24-15)20-12-7-3-2-4-8-12/h2-11H,1H3,(H,21,22)(H3,19,20,23,24,25). The van der Waals surface area contributed by atoms with E-state index >= 15 is 0 Å². The second-order valence-corrected chi connectivity index (χ2v) is 7.02. The van der Waals surface area contributed by atoms with Crippen LogP contribution >= 0.6 is 11.8 Å². The third-order valence-corrected chi connectivity index (χ3v) is 4.70. The third kappa shape index (κ3) is 3.60. The van der Waals surface area contributed by atoms with Crippen LogP contribution in [0.25, 0.3) is 11.0 Å². The number of nitrogens with one attached hydrogen (secondary N) is 2. The van der Waals surface area contributed by atoms with Gasteiger partial charge >= 0.3 is 0 Å². The van der Waals surface area contributed by atoms with Crippen LogP contribution in [-0.4, -0.2) is 24.9 Å². The average molecular weight is 363 g/mol. The van der Waals surface area contributed by atoms with E-state index < -0.39 is 0 Å². The van der Waals surface area contributed by atoms with E-state index in [-0.39, 0.29) is 11.2 Å². The number of nitrogen functional groups attached to an aromatic ring is 1. The van der Waals surface area contributed by atoms with Crippen LogP contribution in [0.3, 0.4) is 0 Å². The zero-order chi connectivity index (χ0) is 17.9. The summed E-state index contributed by atoms with van der Waals surface area (Å²) in [7, 11) is 0. The van der Waals surface area contributed by atoms with Gasteiger partial charge in [-0.05, 0) is 31.2 Å². The summed E-state index contributed by atoms with van der Waals surface area (Å²) in [4.78, 5) is 20.8. The molecule has 8 heteroatoms. The van der Waals surface area contributed by atoms with Crippen molar-refractivity contribution in [2.24, 2.45) is 0 Å². The Hall–Kier alpha value is -3.13. The molecule has 0 fully saturated rings. The van der Waals surface area contributed by atoms with Gasteiger partial charge in [0, 0.05) is 5.69 Å². The van der Waals surface area contributed by atoms with Crippen molar-refractivity contribution >= 4 is 40.4 Å². The number of hydrogen-bond acceptors (Lipinski definition) is 7. The summed E-state index contributed by atoms with van der Waals surface area (Å²) < 4.78 is 0. The van der Waals surface area contributed by atoms with Gasteiger partial charge in [0.05, 0.1) is 16.3 Å². The van der Waals surface area contributed by atoms with Gasteiger partial charge in [-0.1, -0.05) is 42.1 Å². The van der Waals surface area contributed by atoms with Crippen molar-refractivity contribution in [1.82, 2.24) is 24.9 Å². The molecule has 0 radical (unpaired) electrons. The molecule has 2 heterocycles. The summed E-state index contributed by atoms with van der Waals surface area (Å²) in [6.07, 6.45) is 0. The SMILES string of the molecule is CC(Sc1nc2ccccc2[nH]1)c1nc(N)nc(Nc2ccccc2)n1. The number of hydrogen-bond donors (Lipinski definition) is 3. The summed E-state index contributed by atoms with van der Waals surface area (Å²) in [6.45, 7) is 2.01. The summed E-state index contributed by atoms with van der Waals surface area (Å²) in [6, 6.07) is 17.6. The average Bonchev–Trinajstić information content (AvgIpc) is 3.04. The van der Waals surface area contributed by atoms with Crippen LogP contribution in [0.1, 0.15) is 18.0 Å². The Balaban J connectivity index is 1.56. The lowest BCUT2D eigenvalue weighted by atomic mass is 10.3. The van der Waals surface area contributed by atoms with E-state index in [1.165, 1.54) is 0 Å². The number of para-hydroxylation sites is 3. The number of imidazole rings is 1. The van der Waals surface area contributed by atoms with E-state index in [4.69, 9.17) is 5.73 Å². The number of thioether (sulfide) groups is 1. The first-order chi connectivity index (χ1) is 12.7. The predicted molar refractivity (Wildman–Crippen MR) is 104 cm³/mol. The fourth-order valence-electron chi connectivity index (χ4n) is 2.50. The van der Waals surface area contributed by atoms with Crippen LogP contribution in [0, 0.1) is 0 Å². The maximum atomic E-state index is 5.87. The first-order valence-corrected chi connectivity index (χ1v) is 9.00. The molecule has 0 aliphatic heterocycles. The topological polar surface area (TPSA) is 105 Å². The summed E-state index contributed by atoms with van der Waals surface area (Å²) in [5.41, 5.74) is 8.70. The molecule has 0 spiro atoms. The lowest BCUT2D eigenvalue weighted by Gasteiger charge is -2.11. The van der Waals surface area contributed by atoms with Gasteiger partial charge < -0.3 is 16.0 Å². The molecular weight excluding hydrogens is 346 g/mol. The van der Waals surface area contributed by atoms with Crippen molar-refractivity contribution in [1.29, 1.82) is 0 Å². The van der Waals surface area contributed by atoms with Crippen molar-refractivity contribution in [3.63, 3.8) is 0 Å². The second-order valence-electron chi connectivity index (χ2n) is 5.69. The number of aromatic nitrogens is 5. The number of aromatic amines is 1. The highest BCUT2D eigenvalue weighted by Gasteiger charge is 2.16. The van der Waals surface area contributed by atoms with Crippen molar-refractivity contribution in [2.45, 2.75) is 17.3 Å². The van der Waals surface area contributed by atoms with Gasteiger partial charge in [-0.25, -0.2) is 4.98 Å². The largest absolute Gasteiger partial charge is 0.368 e. The first kappa shape index (κ1) is 16.3. The summed E-state index contributed by atoms with van der Waals surface area (Å²) in [5.74, 6) is 1.21. The van der Waals surface area contributed by atoms with Crippen LogP contribution in [0.2, 0.25) is 0 Å².